The SMILES string of the molecule is FC(F)(F)c1cc(COCCc2ccccc2)cc(C(F)(F)F)c1. The lowest BCUT2D eigenvalue weighted by Crippen LogP contribution is -2.12. The second kappa shape index (κ2) is 7.25. The highest BCUT2D eigenvalue weighted by molar-refractivity contribution is 5.33. The number of hydrogen-bond acceptors (Lipinski definition) is 1. The van der Waals surface area contributed by atoms with Crippen LogP contribution in [0.15, 0.2) is 48.5 Å². The number of ether oxygens (including phenoxy) is 1. The van der Waals surface area contributed by atoms with Gasteiger partial charge in [0.15, 0.2) is 0 Å². The first-order valence-electron chi connectivity index (χ1n) is 7.06. The summed E-state index contributed by atoms with van der Waals surface area (Å²) in [4.78, 5) is 0. The van der Waals surface area contributed by atoms with E-state index in [9.17, 15) is 26.3 Å². The molecule has 0 aliphatic heterocycles. The van der Waals surface area contributed by atoms with Crippen molar-refractivity contribution < 1.29 is 31.1 Å². The van der Waals surface area contributed by atoms with E-state index in [0.29, 0.717) is 18.6 Å². The average molecular weight is 348 g/mol. The molecule has 0 fully saturated rings. The number of hydrogen-bond donors (Lipinski definition) is 0. The maximum absolute atomic E-state index is 12.7. The number of benzene rings is 2. The molecular formula is C17H14F6O. The highest BCUT2D eigenvalue weighted by atomic mass is 19.4. The number of halogens is 6. The summed E-state index contributed by atoms with van der Waals surface area (Å²) in [5, 5.41) is 0. The van der Waals surface area contributed by atoms with E-state index in [4.69, 9.17) is 4.74 Å². The Morgan fingerprint density at radius 2 is 1.25 bits per heavy atom. The van der Waals surface area contributed by atoms with Gasteiger partial charge in [-0.2, -0.15) is 26.3 Å². The van der Waals surface area contributed by atoms with E-state index in [1.165, 1.54) is 0 Å². The number of rotatable bonds is 5. The molecule has 0 aliphatic rings. The summed E-state index contributed by atoms with van der Waals surface area (Å²) < 4.78 is 81.6. The van der Waals surface area contributed by atoms with Crippen molar-refractivity contribution in [2.75, 3.05) is 6.61 Å². The Morgan fingerprint density at radius 1 is 0.708 bits per heavy atom. The zero-order chi connectivity index (χ0) is 17.8. The molecule has 0 aromatic heterocycles. The molecule has 0 heterocycles. The van der Waals surface area contributed by atoms with Gasteiger partial charge >= 0.3 is 12.4 Å². The zero-order valence-electron chi connectivity index (χ0n) is 12.4. The molecule has 0 unspecified atom stereocenters. The first kappa shape index (κ1) is 18.3. The monoisotopic (exact) mass is 348 g/mol. The highest BCUT2D eigenvalue weighted by Crippen LogP contribution is 2.36. The molecule has 0 radical (unpaired) electrons. The van der Waals surface area contributed by atoms with Gasteiger partial charge in [0.05, 0.1) is 24.3 Å². The van der Waals surface area contributed by atoms with Crippen LogP contribution in [0.3, 0.4) is 0 Å². The van der Waals surface area contributed by atoms with Gasteiger partial charge in [-0.25, -0.2) is 0 Å². The van der Waals surface area contributed by atoms with Crippen molar-refractivity contribution in [3.05, 3.63) is 70.8 Å². The minimum absolute atomic E-state index is 0.105. The van der Waals surface area contributed by atoms with Crippen LogP contribution in [0.1, 0.15) is 22.3 Å². The van der Waals surface area contributed by atoms with Crippen LogP contribution in [0.2, 0.25) is 0 Å². The van der Waals surface area contributed by atoms with E-state index in [0.717, 1.165) is 5.56 Å². The minimum Gasteiger partial charge on any atom is -0.376 e. The third-order valence-electron chi connectivity index (χ3n) is 3.29. The molecule has 0 atom stereocenters. The Labute approximate surface area is 134 Å². The van der Waals surface area contributed by atoms with Crippen LogP contribution in [0.5, 0.6) is 0 Å². The van der Waals surface area contributed by atoms with Gasteiger partial charge in [-0.15, -0.1) is 0 Å². The summed E-state index contributed by atoms with van der Waals surface area (Å²) in [7, 11) is 0. The average Bonchev–Trinajstić information content (AvgIpc) is 2.51. The molecule has 2 rings (SSSR count). The van der Waals surface area contributed by atoms with Crippen LogP contribution in [0.25, 0.3) is 0 Å². The Kier molecular flexibility index (Phi) is 5.54. The van der Waals surface area contributed by atoms with E-state index in [1.54, 1.807) is 0 Å². The van der Waals surface area contributed by atoms with Crippen molar-refractivity contribution in [1.29, 1.82) is 0 Å². The predicted molar refractivity (Wildman–Crippen MR) is 76.2 cm³/mol. The molecule has 2 aromatic carbocycles. The normalized spacial score (nSPS) is 12.4. The third kappa shape index (κ3) is 5.26. The molecule has 0 saturated heterocycles. The van der Waals surface area contributed by atoms with Gasteiger partial charge in [0.1, 0.15) is 0 Å². The first-order valence-corrected chi connectivity index (χ1v) is 7.06. The van der Waals surface area contributed by atoms with Crippen LogP contribution in [-0.4, -0.2) is 6.61 Å². The van der Waals surface area contributed by atoms with E-state index in [2.05, 4.69) is 0 Å². The van der Waals surface area contributed by atoms with E-state index >= 15 is 0 Å². The summed E-state index contributed by atoms with van der Waals surface area (Å²) in [5.41, 5.74) is -1.86. The van der Waals surface area contributed by atoms with Gasteiger partial charge in [-0.3, -0.25) is 0 Å². The van der Waals surface area contributed by atoms with Crippen LogP contribution in [-0.2, 0) is 30.1 Å². The molecule has 0 N–H and O–H groups in total. The molecule has 0 spiro atoms. The molecule has 130 valence electrons. The van der Waals surface area contributed by atoms with E-state index in [-0.39, 0.29) is 24.8 Å². The molecule has 1 nitrogen and oxygen atoms in total. The second-order valence-electron chi connectivity index (χ2n) is 5.20. The zero-order valence-corrected chi connectivity index (χ0v) is 12.4. The molecule has 2 aromatic rings. The lowest BCUT2D eigenvalue weighted by molar-refractivity contribution is -0.143. The van der Waals surface area contributed by atoms with E-state index in [1.807, 2.05) is 30.3 Å². The molecule has 7 heteroatoms. The fourth-order valence-corrected chi connectivity index (χ4v) is 2.13. The third-order valence-corrected chi connectivity index (χ3v) is 3.29. The van der Waals surface area contributed by atoms with Crippen molar-refractivity contribution in [2.24, 2.45) is 0 Å². The van der Waals surface area contributed by atoms with Gasteiger partial charge in [0.2, 0.25) is 0 Å². The van der Waals surface area contributed by atoms with Gasteiger partial charge < -0.3 is 4.74 Å². The lowest BCUT2D eigenvalue weighted by Gasteiger charge is -2.14. The van der Waals surface area contributed by atoms with Crippen molar-refractivity contribution in [2.45, 2.75) is 25.4 Å². The Hall–Kier alpha value is -2.02. The summed E-state index contributed by atoms with van der Waals surface area (Å²) in [6.45, 7) is -0.124. The largest absolute Gasteiger partial charge is 0.416 e. The standard InChI is InChI=1S/C17H14F6O/c18-16(19,20)14-8-13(9-15(10-14)17(21,22)23)11-24-7-6-12-4-2-1-3-5-12/h1-5,8-10H,6-7,11H2. The summed E-state index contributed by atoms with van der Waals surface area (Å²) in [6, 6.07) is 10.7. The number of alkyl halides is 6. The highest BCUT2D eigenvalue weighted by Gasteiger charge is 2.36. The topological polar surface area (TPSA) is 9.23 Å². The second-order valence-corrected chi connectivity index (χ2v) is 5.20. The predicted octanol–water partition coefficient (Wildman–Crippen LogP) is 5.48. The Balaban J connectivity index is 2.06. The molecule has 0 amide bonds. The fourth-order valence-electron chi connectivity index (χ4n) is 2.13. The van der Waals surface area contributed by atoms with Crippen LogP contribution < -0.4 is 0 Å². The van der Waals surface area contributed by atoms with Crippen LogP contribution in [0.4, 0.5) is 26.3 Å². The van der Waals surface area contributed by atoms with E-state index < -0.39 is 23.5 Å². The van der Waals surface area contributed by atoms with Crippen molar-refractivity contribution in [3.8, 4) is 0 Å². The summed E-state index contributed by atoms with van der Waals surface area (Å²) in [5.74, 6) is 0. The molecule has 24 heavy (non-hydrogen) atoms. The molecule has 0 bridgehead atoms. The summed E-state index contributed by atoms with van der Waals surface area (Å²) >= 11 is 0. The fraction of sp³-hybridized carbons (Fsp3) is 0.294. The quantitative estimate of drug-likeness (QED) is 0.513. The van der Waals surface area contributed by atoms with Gasteiger partial charge in [-0.05, 0) is 35.7 Å². The Bertz CT molecular complexity index is 629. The first-order chi connectivity index (χ1) is 11.2. The smallest absolute Gasteiger partial charge is 0.376 e. The van der Waals surface area contributed by atoms with Crippen LogP contribution in [0, 0.1) is 0 Å². The molecule has 0 aliphatic carbocycles. The maximum Gasteiger partial charge on any atom is 0.416 e. The van der Waals surface area contributed by atoms with Gasteiger partial charge in [-0.1, -0.05) is 30.3 Å². The lowest BCUT2D eigenvalue weighted by atomic mass is 10.1. The molecular weight excluding hydrogens is 334 g/mol. The Morgan fingerprint density at radius 3 is 1.75 bits per heavy atom. The maximum atomic E-state index is 12.7. The minimum atomic E-state index is -4.85. The van der Waals surface area contributed by atoms with Crippen LogP contribution >= 0.6 is 0 Å². The molecule has 0 saturated carbocycles. The van der Waals surface area contributed by atoms with Gasteiger partial charge in [0, 0.05) is 0 Å². The van der Waals surface area contributed by atoms with Crippen molar-refractivity contribution >= 4 is 0 Å². The van der Waals surface area contributed by atoms with Gasteiger partial charge in [0.25, 0.3) is 0 Å². The van der Waals surface area contributed by atoms with Crippen molar-refractivity contribution in [1.82, 2.24) is 0 Å². The van der Waals surface area contributed by atoms with Crippen molar-refractivity contribution in [3.63, 3.8) is 0 Å². The summed E-state index contributed by atoms with van der Waals surface area (Å²) in [6.07, 6.45) is -9.17.